The van der Waals surface area contributed by atoms with Crippen LogP contribution in [0.2, 0.25) is 0 Å². The van der Waals surface area contributed by atoms with Crippen molar-refractivity contribution < 1.29 is 0 Å². The molecule has 6 heteroatoms. The van der Waals surface area contributed by atoms with Crippen LogP contribution in [0.25, 0.3) is 5.82 Å². The Morgan fingerprint density at radius 2 is 2.18 bits per heavy atom. The van der Waals surface area contributed by atoms with E-state index in [9.17, 15) is 0 Å². The van der Waals surface area contributed by atoms with Gasteiger partial charge in [-0.2, -0.15) is 9.78 Å². The van der Waals surface area contributed by atoms with Crippen LogP contribution < -0.4 is 5.73 Å². The molecule has 2 heterocycles. The molecule has 0 bridgehead atoms. The van der Waals surface area contributed by atoms with Crippen LogP contribution in [0.1, 0.15) is 37.7 Å². The molecule has 17 heavy (non-hydrogen) atoms. The lowest BCUT2D eigenvalue weighted by Crippen LogP contribution is -2.12. The summed E-state index contributed by atoms with van der Waals surface area (Å²) in [5.41, 5.74) is 7.94. The van der Waals surface area contributed by atoms with Crippen molar-refractivity contribution in [2.24, 2.45) is 12.8 Å². The first-order chi connectivity index (χ1) is 8.17. The van der Waals surface area contributed by atoms with Gasteiger partial charge in [0, 0.05) is 19.3 Å². The molecule has 92 valence electrons. The number of nitrogens with zero attached hydrogens (tertiary/aromatic N) is 5. The Bertz CT molecular complexity index is 498. The van der Waals surface area contributed by atoms with Crippen molar-refractivity contribution in [2.45, 2.75) is 32.7 Å². The summed E-state index contributed by atoms with van der Waals surface area (Å²) in [6.07, 6.45) is 3.58. The van der Waals surface area contributed by atoms with Crippen molar-refractivity contribution in [1.82, 2.24) is 24.8 Å². The van der Waals surface area contributed by atoms with E-state index >= 15 is 0 Å². The number of hydrogen-bond donors (Lipinski definition) is 1. The first-order valence-electron chi connectivity index (χ1n) is 5.87. The highest BCUT2D eigenvalue weighted by atomic mass is 15.5. The second-order valence-corrected chi connectivity index (χ2v) is 4.05. The van der Waals surface area contributed by atoms with Gasteiger partial charge in [-0.25, -0.2) is 0 Å². The zero-order chi connectivity index (χ0) is 12.4. The third-order valence-corrected chi connectivity index (χ3v) is 2.84. The minimum atomic E-state index is -0.0533. The first kappa shape index (κ1) is 11.8. The molecule has 0 saturated carbocycles. The normalized spacial score (nSPS) is 12.9. The van der Waals surface area contributed by atoms with Gasteiger partial charge >= 0.3 is 0 Å². The van der Waals surface area contributed by atoms with Crippen molar-refractivity contribution in [1.29, 1.82) is 0 Å². The lowest BCUT2D eigenvalue weighted by atomic mass is 10.1. The molecular formula is C11H18N6. The van der Waals surface area contributed by atoms with Crippen LogP contribution in [0.5, 0.6) is 0 Å². The largest absolute Gasteiger partial charge is 0.323 e. The van der Waals surface area contributed by atoms with Crippen LogP contribution in [-0.2, 0) is 13.5 Å². The Labute approximate surface area is 100 Å². The van der Waals surface area contributed by atoms with Gasteiger partial charge in [0.15, 0.2) is 5.82 Å². The van der Waals surface area contributed by atoms with Gasteiger partial charge in [-0.1, -0.05) is 19.1 Å². The third kappa shape index (κ3) is 2.08. The maximum absolute atomic E-state index is 6.03. The van der Waals surface area contributed by atoms with E-state index < -0.39 is 0 Å². The highest BCUT2D eigenvalue weighted by Gasteiger charge is 2.18. The molecule has 0 radical (unpaired) electrons. The molecule has 6 nitrogen and oxygen atoms in total. The predicted octanol–water partition coefficient (Wildman–Crippen LogP) is 0.973. The Morgan fingerprint density at radius 1 is 1.41 bits per heavy atom. The number of hydrogen-bond acceptors (Lipinski definition) is 4. The van der Waals surface area contributed by atoms with Crippen molar-refractivity contribution in [3.05, 3.63) is 23.7 Å². The molecule has 2 aromatic rings. The van der Waals surface area contributed by atoms with E-state index in [1.807, 2.05) is 26.2 Å². The highest BCUT2D eigenvalue weighted by molar-refractivity contribution is 5.26. The fraction of sp³-hybridized carbons (Fsp3) is 0.545. The fourth-order valence-electron chi connectivity index (χ4n) is 1.83. The van der Waals surface area contributed by atoms with Crippen LogP contribution in [0.15, 0.2) is 12.3 Å². The summed E-state index contributed by atoms with van der Waals surface area (Å²) in [5, 5.41) is 12.7. The summed E-state index contributed by atoms with van der Waals surface area (Å²) >= 11 is 0. The average Bonchev–Trinajstić information content (AvgIpc) is 2.93. The number of aromatic nitrogens is 5. The van der Waals surface area contributed by atoms with Gasteiger partial charge in [0.1, 0.15) is 5.69 Å². The zero-order valence-corrected chi connectivity index (χ0v) is 10.5. The highest BCUT2D eigenvalue weighted by Crippen LogP contribution is 2.18. The molecule has 2 aromatic heterocycles. The molecule has 0 amide bonds. The van der Waals surface area contributed by atoms with Gasteiger partial charge in [0.2, 0.25) is 0 Å². The second kappa shape index (κ2) is 4.67. The molecule has 1 unspecified atom stereocenters. The SMILES string of the molecule is CCc1c(C(N)CC)nnn1-c1ccn(C)n1. The Morgan fingerprint density at radius 3 is 2.71 bits per heavy atom. The Balaban J connectivity index is 2.45. The van der Waals surface area contributed by atoms with Gasteiger partial charge in [-0.3, -0.25) is 4.68 Å². The van der Waals surface area contributed by atoms with Crippen LogP contribution in [0, 0.1) is 0 Å². The van der Waals surface area contributed by atoms with Gasteiger partial charge in [-0.05, 0) is 12.8 Å². The van der Waals surface area contributed by atoms with Gasteiger partial charge in [0.25, 0.3) is 0 Å². The van der Waals surface area contributed by atoms with Gasteiger partial charge < -0.3 is 5.73 Å². The molecule has 0 aliphatic carbocycles. The molecule has 0 saturated heterocycles. The first-order valence-corrected chi connectivity index (χ1v) is 5.87. The molecule has 2 N–H and O–H groups in total. The molecule has 0 aliphatic rings. The third-order valence-electron chi connectivity index (χ3n) is 2.84. The quantitative estimate of drug-likeness (QED) is 0.855. The van der Waals surface area contributed by atoms with E-state index in [0.717, 1.165) is 30.0 Å². The molecule has 0 fully saturated rings. The van der Waals surface area contributed by atoms with Crippen LogP contribution in [-0.4, -0.2) is 24.8 Å². The van der Waals surface area contributed by atoms with Crippen LogP contribution in [0.4, 0.5) is 0 Å². The van der Waals surface area contributed by atoms with E-state index in [1.54, 1.807) is 9.36 Å². The van der Waals surface area contributed by atoms with Crippen molar-refractivity contribution in [2.75, 3.05) is 0 Å². The minimum Gasteiger partial charge on any atom is -0.323 e. The van der Waals surface area contributed by atoms with E-state index in [2.05, 4.69) is 22.3 Å². The van der Waals surface area contributed by atoms with E-state index in [-0.39, 0.29) is 6.04 Å². The average molecular weight is 234 g/mol. The number of nitrogens with two attached hydrogens (primary N) is 1. The summed E-state index contributed by atoms with van der Waals surface area (Å²) < 4.78 is 3.51. The monoisotopic (exact) mass is 234 g/mol. The standard InChI is InChI=1S/C11H18N6/c1-4-8(12)11-9(5-2)17(15-13-11)10-6-7-16(3)14-10/h6-8H,4-5,12H2,1-3H3. The summed E-state index contributed by atoms with van der Waals surface area (Å²) in [7, 11) is 1.88. The molecule has 0 spiro atoms. The molecule has 0 aliphatic heterocycles. The summed E-state index contributed by atoms with van der Waals surface area (Å²) in [5.74, 6) is 0.784. The summed E-state index contributed by atoms with van der Waals surface area (Å²) in [6.45, 7) is 4.12. The summed E-state index contributed by atoms with van der Waals surface area (Å²) in [4.78, 5) is 0. The van der Waals surface area contributed by atoms with Crippen molar-refractivity contribution >= 4 is 0 Å². The maximum atomic E-state index is 6.03. The zero-order valence-electron chi connectivity index (χ0n) is 10.5. The van der Waals surface area contributed by atoms with Crippen LogP contribution in [0.3, 0.4) is 0 Å². The number of rotatable bonds is 4. The van der Waals surface area contributed by atoms with Gasteiger partial charge in [0.05, 0.1) is 11.7 Å². The lowest BCUT2D eigenvalue weighted by Gasteiger charge is -2.07. The molecule has 1 atom stereocenters. The second-order valence-electron chi connectivity index (χ2n) is 4.05. The molecular weight excluding hydrogens is 216 g/mol. The van der Waals surface area contributed by atoms with E-state index in [1.165, 1.54) is 0 Å². The number of aryl methyl sites for hydroxylation is 1. The predicted molar refractivity (Wildman–Crippen MR) is 64.7 cm³/mol. The topological polar surface area (TPSA) is 74.5 Å². The van der Waals surface area contributed by atoms with E-state index in [0.29, 0.717) is 0 Å². The fourth-order valence-corrected chi connectivity index (χ4v) is 1.83. The van der Waals surface area contributed by atoms with Gasteiger partial charge in [-0.15, -0.1) is 5.10 Å². The van der Waals surface area contributed by atoms with E-state index in [4.69, 9.17) is 5.73 Å². The maximum Gasteiger partial charge on any atom is 0.177 e. The van der Waals surface area contributed by atoms with Crippen molar-refractivity contribution in [3.8, 4) is 5.82 Å². The summed E-state index contributed by atoms with van der Waals surface area (Å²) in [6, 6.07) is 1.86. The lowest BCUT2D eigenvalue weighted by molar-refractivity contribution is 0.665. The Kier molecular flexibility index (Phi) is 3.23. The minimum absolute atomic E-state index is 0.0533. The Hall–Kier alpha value is -1.69. The molecule has 0 aromatic carbocycles. The van der Waals surface area contributed by atoms with Crippen LogP contribution >= 0.6 is 0 Å². The van der Waals surface area contributed by atoms with Crippen molar-refractivity contribution in [3.63, 3.8) is 0 Å². The smallest absolute Gasteiger partial charge is 0.177 e. The molecule has 2 rings (SSSR count).